The number of nitrogens with zero attached hydrogens (tertiary/aromatic N) is 4. The van der Waals surface area contributed by atoms with Gasteiger partial charge in [0, 0.05) is 13.1 Å². The van der Waals surface area contributed by atoms with E-state index in [-0.39, 0.29) is 0 Å². The van der Waals surface area contributed by atoms with E-state index in [2.05, 4.69) is 36.8 Å². The molecule has 2 aromatic carbocycles. The van der Waals surface area contributed by atoms with Crippen LogP contribution in [0, 0.1) is 0 Å². The third kappa shape index (κ3) is 4.97. The van der Waals surface area contributed by atoms with Crippen molar-refractivity contribution in [3.05, 3.63) is 58.1 Å². The summed E-state index contributed by atoms with van der Waals surface area (Å²) in [5.74, 6) is 2.04. The SMILES string of the molecule is CCOc1cc(CNc2nnnn2CC)cc(Br)c1OCc1ccccc1. The first-order chi connectivity index (χ1) is 13.2. The van der Waals surface area contributed by atoms with Crippen molar-refractivity contribution in [1.29, 1.82) is 0 Å². The predicted molar refractivity (Wildman–Crippen MR) is 107 cm³/mol. The molecular weight excluding hydrogens is 410 g/mol. The molecule has 0 fully saturated rings. The number of nitrogens with one attached hydrogen (secondary N) is 1. The molecule has 0 atom stereocenters. The van der Waals surface area contributed by atoms with E-state index in [1.54, 1.807) is 4.68 Å². The van der Waals surface area contributed by atoms with E-state index >= 15 is 0 Å². The summed E-state index contributed by atoms with van der Waals surface area (Å²) in [6, 6.07) is 14.0. The molecular formula is C19H22BrN5O2. The average molecular weight is 432 g/mol. The minimum Gasteiger partial charge on any atom is -0.490 e. The van der Waals surface area contributed by atoms with Crippen LogP contribution >= 0.6 is 15.9 Å². The number of tetrazole rings is 1. The van der Waals surface area contributed by atoms with E-state index in [0.717, 1.165) is 15.6 Å². The lowest BCUT2D eigenvalue weighted by atomic mass is 10.2. The smallest absolute Gasteiger partial charge is 0.243 e. The second kappa shape index (κ2) is 9.36. The van der Waals surface area contributed by atoms with Crippen molar-refractivity contribution >= 4 is 21.9 Å². The molecule has 0 saturated carbocycles. The summed E-state index contributed by atoms with van der Waals surface area (Å²) >= 11 is 3.61. The van der Waals surface area contributed by atoms with Gasteiger partial charge in [-0.15, -0.1) is 0 Å². The van der Waals surface area contributed by atoms with Crippen LogP contribution in [-0.4, -0.2) is 26.8 Å². The van der Waals surface area contributed by atoms with Gasteiger partial charge in [-0.25, -0.2) is 4.68 Å². The normalized spacial score (nSPS) is 10.6. The summed E-state index contributed by atoms with van der Waals surface area (Å²) < 4.78 is 14.4. The van der Waals surface area contributed by atoms with Gasteiger partial charge >= 0.3 is 0 Å². The van der Waals surface area contributed by atoms with E-state index in [0.29, 0.717) is 43.8 Å². The highest BCUT2D eigenvalue weighted by Gasteiger charge is 2.13. The molecule has 0 spiro atoms. The van der Waals surface area contributed by atoms with Crippen molar-refractivity contribution in [3.8, 4) is 11.5 Å². The monoisotopic (exact) mass is 431 g/mol. The molecule has 1 N–H and O–H groups in total. The van der Waals surface area contributed by atoms with E-state index < -0.39 is 0 Å². The molecule has 0 aliphatic heterocycles. The summed E-state index contributed by atoms with van der Waals surface area (Å²) in [6.45, 7) is 6.24. The first-order valence-corrected chi connectivity index (χ1v) is 9.62. The highest BCUT2D eigenvalue weighted by molar-refractivity contribution is 9.10. The standard InChI is InChI=1S/C19H22BrN5O2/c1-3-25-19(22-23-24-25)21-12-15-10-16(20)18(17(11-15)26-4-2)27-13-14-8-6-5-7-9-14/h5-11H,3-4,12-13H2,1-2H3,(H,21,22,24). The Kier molecular flexibility index (Phi) is 6.64. The second-order valence-electron chi connectivity index (χ2n) is 5.78. The van der Waals surface area contributed by atoms with Gasteiger partial charge < -0.3 is 14.8 Å². The van der Waals surface area contributed by atoms with E-state index in [9.17, 15) is 0 Å². The molecule has 0 aliphatic rings. The zero-order valence-electron chi connectivity index (χ0n) is 15.4. The second-order valence-corrected chi connectivity index (χ2v) is 6.64. The van der Waals surface area contributed by atoms with Gasteiger partial charge in [-0.1, -0.05) is 35.4 Å². The van der Waals surface area contributed by atoms with E-state index in [1.807, 2.05) is 56.3 Å². The molecule has 1 aromatic heterocycles. The number of halogens is 1. The summed E-state index contributed by atoms with van der Waals surface area (Å²) in [5, 5.41) is 14.8. The van der Waals surface area contributed by atoms with Crippen LogP contribution in [0.1, 0.15) is 25.0 Å². The Balaban J connectivity index is 1.75. The summed E-state index contributed by atoms with van der Waals surface area (Å²) in [4.78, 5) is 0. The molecule has 27 heavy (non-hydrogen) atoms. The van der Waals surface area contributed by atoms with Gasteiger partial charge in [-0.2, -0.15) is 0 Å². The van der Waals surface area contributed by atoms with Gasteiger partial charge in [-0.3, -0.25) is 0 Å². The maximum absolute atomic E-state index is 6.02. The van der Waals surface area contributed by atoms with Crippen LogP contribution in [-0.2, 0) is 19.7 Å². The van der Waals surface area contributed by atoms with Crippen molar-refractivity contribution in [2.24, 2.45) is 0 Å². The van der Waals surface area contributed by atoms with Crippen molar-refractivity contribution < 1.29 is 9.47 Å². The van der Waals surface area contributed by atoms with Crippen LogP contribution in [0.15, 0.2) is 46.9 Å². The molecule has 0 saturated heterocycles. The third-order valence-corrected chi connectivity index (χ3v) is 4.47. The van der Waals surface area contributed by atoms with Crippen LogP contribution < -0.4 is 14.8 Å². The Bertz CT molecular complexity index is 870. The first kappa shape index (κ1) is 19.2. The third-order valence-electron chi connectivity index (χ3n) is 3.88. The van der Waals surface area contributed by atoms with E-state index in [4.69, 9.17) is 9.47 Å². The van der Waals surface area contributed by atoms with Gasteiger partial charge in [0.25, 0.3) is 0 Å². The molecule has 3 rings (SSSR count). The van der Waals surface area contributed by atoms with Crippen LogP contribution in [0.3, 0.4) is 0 Å². The fourth-order valence-electron chi connectivity index (χ4n) is 2.58. The average Bonchev–Trinajstić information content (AvgIpc) is 3.14. The molecule has 0 amide bonds. The molecule has 0 aliphatic carbocycles. The number of hydrogen-bond acceptors (Lipinski definition) is 6. The maximum atomic E-state index is 6.02. The zero-order valence-corrected chi connectivity index (χ0v) is 16.9. The Labute approximate surface area is 166 Å². The Morgan fingerprint density at radius 3 is 2.63 bits per heavy atom. The highest BCUT2D eigenvalue weighted by Crippen LogP contribution is 2.37. The van der Waals surface area contributed by atoms with Crippen molar-refractivity contribution in [2.45, 2.75) is 33.5 Å². The molecule has 0 bridgehead atoms. The van der Waals surface area contributed by atoms with Gasteiger partial charge in [0.15, 0.2) is 11.5 Å². The summed E-state index contributed by atoms with van der Waals surface area (Å²) in [5.41, 5.74) is 2.13. The van der Waals surface area contributed by atoms with Crippen LogP contribution in [0.4, 0.5) is 5.95 Å². The largest absolute Gasteiger partial charge is 0.490 e. The predicted octanol–water partition coefficient (Wildman–Crippen LogP) is 4.05. The quantitative estimate of drug-likeness (QED) is 0.550. The first-order valence-electron chi connectivity index (χ1n) is 8.83. The molecule has 1 heterocycles. The molecule has 8 heteroatoms. The van der Waals surface area contributed by atoms with Crippen molar-refractivity contribution in [1.82, 2.24) is 20.2 Å². The zero-order chi connectivity index (χ0) is 19.1. The number of rotatable bonds is 9. The highest BCUT2D eigenvalue weighted by atomic mass is 79.9. The minimum atomic E-state index is 0.475. The van der Waals surface area contributed by atoms with Gasteiger partial charge in [-0.05, 0) is 63.5 Å². The summed E-state index contributed by atoms with van der Waals surface area (Å²) in [7, 11) is 0. The molecule has 0 radical (unpaired) electrons. The van der Waals surface area contributed by atoms with Crippen LogP contribution in [0.2, 0.25) is 0 Å². The van der Waals surface area contributed by atoms with Gasteiger partial charge in [0.2, 0.25) is 5.95 Å². The van der Waals surface area contributed by atoms with Gasteiger partial charge in [0.1, 0.15) is 6.61 Å². The van der Waals surface area contributed by atoms with Crippen molar-refractivity contribution in [3.63, 3.8) is 0 Å². The number of ether oxygens (including phenoxy) is 2. The topological polar surface area (TPSA) is 74.1 Å². The van der Waals surface area contributed by atoms with Crippen molar-refractivity contribution in [2.75, 3.05) is 11.9 Å². The Morgan fingerprint density at radius 2 is 1.89 bits per heavy atom. The Hall–Kier alpha value is -2.61. The number of benzene rings is 2. The lowest BCUT2D eigenvalue weighted by molar-refractivity contribution is 0.267. The van der Waals surface area contributed by atoms with Gasteiger partial charge in [0.05, 0.1) is 11.1 Å². The number of hydrogen-bond donors (Lipinski definition) is 1. The van der Waals surface area contributed by atoms with Crippen LogP contribution in [0.5, 0.6) is 11.5 Å². The Morgan fingerprint density at radius 1 is 1.07 bits per heavy atom. The summed E-state index contributed by atoms with van der Waals surface area (Å²) in [6.07, 6.45) is 0. The molecule has 3 aromatic rings. The van der Waals surface area contributed by atoms with Crippen LogP contribution in [0.25, 0.3) is 0 Å². The number of anilines is 1. The van der Waals surface area contributed by atoms with E-state index in [1.165, 1.54) is 0 Å². The maximum Gasteiger partial charge on any atom is 0.243 e. The molecule has 142 valence electrons. The number of aryl methyl sites for hydroxylation is 1. The fraction of sp³-hybridized carbons (Fsp3) is 0.316. The minimum absolute atomic E-state index is 0.475. The lowest BCUT2D eigenvalue weighted by Crippen LogP contribution is -2.08. The number of aromatic nitrogens is 4. The molecule has 7 nitrogen and oxygen atoms in total. The lowest BCUT2D eigenvalue weighted by Gasteiger charge is -2.16. The molecule has 0 unspecified atom stereocenters. The fourth-order valence-corrected chi connectivity index (χ4v) is 3.19.